The number of hydrazone groups is 1. The number of methoxy groups -OCH3 is 1. The van der Waals surface area contributed by atoms with Crippen molar-refractivity contribution in [1.82, 2.24) is 5.01 Å². The summed E-state index contributed by atoms with van der Waals surface area (Å²) in [6.45, 7) is 6.31. The molecule has 1 N–H and O–H groups in total. The number of fused-ring (bicyclic) bond motifs is 1. The van der Waals surface area contributed by atoms with Gasteiger partial charge in [0, 0.05) is 0 Å². The molecule has 2 aromatic rings. The largest absolute Gasteiger partial charge is 0.493 e. The Bertz CT molecular complexity index is 1240. The summed E-state index contributed by atoms with van der Waals surface area (Å²) in [5.41, 5.74) is 3.74. The predicted molar refractivity (Wildman–Crippen MR) is 129 cm³/mol. The molecule has 0 radical (unpaired) electrons. The standard InChI is InChI=1S/C24H22N4O4S/c1-24(2,3)16-8-6-15(7-9-16)22(30)32-18-10-5-14(12-19(18)31-4)11-17-20(25)28-23(27-21(17)29)33-13-26-28/h5-13,25H,1-4H3/b17-11+,25-20?. The first-order valence-corrected chi connectivity index (χ1v) is 11.0. The molecule has 0 aromatic heterocycles. The lowest BCUT2D eigenvalue weighted by atomic mass is 9.87. The number of amides is 1. The van der Waals surface area contributed by atoms with Crippen LogP contribution in [0.3, 0.4) is 0 Å². The van der Waals surface area contributed by atoms with Crippen molar-refractivity contribution in [3.63, 3.8) is 0 Å². The van der Waals surface area contributed by atoms with Crippen molar-refractivity contribution in [3.8, 4) is 11.5 Å². The molecule has 0 fully saturated rings. The first-order valence-electron chi connectivity index (χ1n) is 10.1. The molecule has 2 aliphatic rings. The first-order chi connectivity index (χ1) is 15.7. The van der Waals surface area contributed by atoms with Crippen molar-refractivity contribution in [1.29, 1.82) is 5.41 Å². The summed E-state index contributed by atoms with van der Waals surface area (Å²) in [5, 5.41) is 14.0. The second-order valence-electron chi connectivity index (χ2n) is 8.38. The third kappa shape index (κ3) is 4.58. The van der Waals surface area contributed by atoms with Gasteiger partial charge in [0.2, 0.25) is 0 Å². The van der Waals surface area contributed by atoms with Gasteiger partial charge in [0.25, 0.3) is 5.91 Å². The van der Waals surface area contributed by atoms with Crippen LogP contribution in [0.2, 0.25) is 0 Å². The van der Waals surface area contributed by atoms with E-state index in [9.17, 15) is 9.59 Å². The Labute approximate surface area is 195 Å². The van der Waals surface area contributed by atoms with Gasteiger partial charge in [0.15, 0.2) is 22.5 Å². The fraction of sp³-hybridized carbons (Fsp3) is 0.208. The molecule has 0 unspecified atom stereocenters. The molecule has 4 rings (SSSR count). The average molecular weight is 463 g/mol. The van der Waals surface area contributed by atoms with Gasteiger partial charge in [-0.15, -0.1) is 0 Å². The van der Waals surface area contributed by atoms with E-state index in [4.69, 9.17) is 14.9 Å². The smallest absolute Gasteiger partial charge is 0.343 e. The number of carbonyl (C=O) groups is 2. The number of hydrogen-bond donors (Lipinski definition) is 1. The monoisotopic (exact) mass is 462 g/mol. The van der Waals surface area contributed by atoms with Gasteiger partial charge in [0.05, 0.1) is 23.8 Å². The minimum absolute atomic E-state index is 0.0150. The van der Waals surface area contributed by atoms with E-state index in [1.165, 1.54) is 35.5 Å². The maximum atomic E-state index is 12.6. The summed E-state index contributed by atoms with van der Waals surface area (Å²) in [6.07, 6.45) is 1.53. The van der Waals surface area contributed by atoms with E-state index in [-0.39, 0.29) is 22.6 Å². The number of aliphatic imine (C=N–C) groups is 1. The summed E-state index contributed by atoms with van der Waals surface area (Å²) in [5.74, 6) is -0.514. The SMILES string of the molecule is COc1cc(/C=C2\C(=N)N3N=CSC3=NC2=O)ccc1OC(=O)c1ccc(C(C)(C)C)cc1. The van der Waals surface area contributed by atoms with Gasteiger partial charge < -0.3 is 9.47 Å². The van der Waals surface area contributed by atoms with Crippen LogP contribution in [0, 0.1) is 5.41 Å². The van der Waals surface area contributed by atoms with Gasteiger partial charge in [-0.2, -0.15) is 15.1 Å². The van der Waals surface area contributed by atoms with Crippen LogP contribution in [0.15, 0.2) is 58.1 Å². The second kappa shape index (κ2) is 8.67. The van der Waals surface area contributed by atoms with Crippen LogP contribution in [-0.4, -0.2) is 40.5 Å². The third-order valence-corrected chi connectivity index (χ3v) is 5.76. The van der Waals surface area contributed by atoms with Crippen LogP contribution in [0.4, 0.5) is 0 Å². The molecule has 0 aliphatic carbocycles. The van der Waals surface area contributed by atoms with Gasteiger partial charge in [-0.25, -0.2) is 4.79 Å². The van der Waals surface area contributed by atoms with Gasteiger partial charge >= 0.3 is 5.97 Å². The third-order valence-electron chi connectivity index (χ3n) is 5.08. The zero-order valence-electron chi connectivity index (χ0n) is 18.6. The van der Waals surface area contributed by atoms with E-state index in [1.807, 2.05) is 12.1 Å². The normalized spacial score (nSPS) is 16.7. The van der Waals surface area contributed by atoms with Crippen LogP contribution >= 0.6 is 11.8 Å². The van der Waals surface area contributed by atoms with E-state index in [0.717, 1.165) is 5.56 Å². The van der Waals surface area contributed by atoms with Crippen molar-refractivity contribution in [2.24, 2.45) is 10.1 Å². The summed E-state index contributed by atoms with van der Waals surface area (Å²) in [4.78, 5) is 29.0. The number of nitrogens with zero attached hydrogens (tertiary/aromatic N) is 3. The molecule has 2 aromatic carbocycles. The highest BCUT2D eigenvalue weighted by molar-refractivity contribution is 8.25. The molecule has 2 heterocycles. The maximum absolute atomic E-state index is 12.6. The van der Waals surface area contributed by atoms with E-state index in [0.29, 0.717) is 22.0 Å². The van der Waals surface area contributed by atoms with Crippen molar-refractivity contribution < 1.29 is 19.1 Å². The molecule has 0 saturated heterocycles. The van der Waals surface area contributed by atoms with Gasteiger partial charge in [-0.3, -0.25) is 10.2 Å². The molecule has 0 bridgehead atoms. The number of rotatable bonds is 4. The highest BCUT2D eigenvalue weighted by Crippen LogP contribution is 2.31. The Balaban J connectivity index is 1.55. The number of amidine groups is 2. The van der Waals surface area contributed by atoms with Crippen LogP contribution in [0.25, 0.3) is 6.08 Å². The van der Waals surface area contributed by atoms with Gasteiger partial charge in [0.1, 0.15) is 0 Å². The highest BCUT2D eigenvalue weighted by Gasteiger charge is 2.32. The van der Waals surface area contributed by atoms with Crippen LogP contribution in [0.5, 0.6) is 11.5 Å². The Morgan fingerprint density at radius 1 is 1.12 bits per heavy atom. The van der Waals surface area contributed by atoms with Gasteiger partial charge in [-0.05, 0) is 58.6 Å². The summed E-state index contributed by atoms with van der Waals surface area (Å²) in [7, 11) is 1.46. The lowest BCUT2D eigenvalue weighted by Gasteiger charge is -2.20. The minimum atomic E-state index is -0.516. The summed E-state index contributed by atoms with van der Waals surface area (Å²) >= 11 is 1.18. The topological polar surface area (TPSA) is 104 Å². The Hall–Kier alpha value is -3.72. The zero-order chi connectivity index (χ0) is 23.8. The zero-order valence-corrected chi connectivity index (χ0v) is 19.4. The number of ether oxygens (including phenoxy) is 2. The van der Waals surface area contributed by atoms with E-state index >= 15 is 0 Å². The molecule has 8 nitrogen and oxygen atoms in total. The van der Waals surface area contributed by atoms with Crippen LogP contribution in [0.1, 0.15) is 42.3 Å². The van der Waals surface area contributed by atoms with Crippen molar-refractivity contribution in [2.45, 2.75) is 26.2 Å². The Morgan fingerprint density at radius 2 is 1.85 bits per heavy atom. The van der Waals surface area contributed by atoms with E-state index in [1.54, 1.807) is 30.3 Å². The van der Waals surface area contributed by atoms with E-state index < -0.39 is 11.9 Å². The lowest BCUT2D eigenvalue weighted by molar-refractivity contribution is -0.114. The number of benzene rings is 2. The molecule has 168 valence electrons. The number of esters is 1. The lowest BCUT2D eigenvalue weighted by Crippen LogP contribution is -2.35. The fourth-order valence-electron chi connectivity index (χ4n) is 3.23. The molecule has 33 heavy (non-hydrogen) atoms. The molecular weight excluding hydrogens is 440 g/mol. The maximum Gasteiger partial charge on any atom is 0.343 e. The average Bonchev–Trinajstić information content (AvgIpc) is 3.25. The molecule has 0 spiro atoms. The quantitative estimate of drug-likeness (QED) is 0.409. The number of carbonyl (C=O) groups excluding carboxylic acids is 2. The molecule has 0 saturated carbocycles. The highest BCUT2D eigenvalue weighted by atomic mass is 32.2. The predicted octanol–water partition coefficient (Wildman–Crippen LogP) is 4.46. The first kappa shape index (κ1) is 22.5. The number of nitrogens with one attached hydrogen (secondary N) is 1. The van der Waals surface area contributed by atoms with Crippen molar-refractivity contribution in [2.75, 3.05) is 7.11 Å². The fourth-order valence-corrected chi connectivity index (χ4v) is 3.84. The van der Waals surface area contributed by atoms with E-state index in [2.05, 4.69) is 30.9 Å². The Morgan fingerprint density at radius 3 is 2.52 bits per heavy atom. The molecule has 0 atom stereocenters. The van der Waals surface area contributed by atoms with Crippen molar-refractivity contribution >= 4 is 46.3 Å². The molecule has 9 heteroatoms. The molecule has 1 amide bonds. The number of thioether (sulfide) groups is 1. The number of hydrogen-bond acceptors (Lipinski definition) is 7. The summed E-state index contributed by atoms with van der Waals surface area (Å²) < 4.78 is 10.9. The van der Waals surface area contributed by atoms with Gasteiger partial charge in [-0.1, -0.05) is 39.0 Å². The minimum Gasteiger partial charge on any atom is -0.493 e. The molecular formula is C24H22N4O4S. The Kier molecular flexibility index (Phi) is 5.90. The summed E-state index contributed by atoms with van der Waals surface area (Å²) in [6, 6.07) is 12.2. The van der Waals surface area contributed by atoms with Crippen LogP contribution < -0.4 is 9.47 Å². The van der Waals surface area contributed by atoms with Crippen LogP contribution in [-0.2, 0) is 10.2 Å². The second-order valence-corrected chi connectivity index (χ2v) is 9.20. The molecule has 2 aliphatic heterocycles. The van der Waals surface area contributed by atoms with Crippen molar-refractivity contribution in [3.05, 3.63) is 64.7 Å².